The summed E-state index contributed by atoms with van der Waals surface area (Å²) in [6.07, 6.45) is 18.0. The molecule has 1 aromatic heterocycles. The van der Waals surface area contributed by atoms with Gasteiger partial charge in [-0.3, -0.25) is 5.32 Å². The Balaban J connectivity index is 1.10. The highest BCUT2D eigenvalue weighted by Crippen LogP contribution is 2.39. The first kappa shape index (κ1) is 33.4. The summed E-state index contributed by atoms with van der Waals surface area (Å²) in [6, 6.07) is 31.9. The van der Waals surface area contributed by atoms with Crippen molar-refractivity contribution >= 4 is 52.2 Å². The summed E-state index contributed by atoms with van der Waals surface area (Å²) >= 11 is 6.55. The van der Waals surface area contributed by atoms with Crippen molar-refractivity contribution in [1.29, 1.82) is 0 Å². The number of amidine groups is 1. The van der Waals surface area contributed by atoms with Crippen molar-refractivity contribution in [2.45, 2.75) is 56.3 Å². The molecule has 0 radical (unpaired) electrons. The fourth-order valence-electron chi connectivity index (χ4n) is 7.07. The number of aliphatic imine (C=N–C) groups is 1. The Morgan fingerprint density at radius 1 is 0.941 bits per heavy atom. The molecule has 2 unspecified atom stereocenters. The molecule has 5 aromatic rings. The van der Waals surface area contributed by atoms with Gasteiger partial charge in [-0.25, -0.2) is 4.99 Å². The minimum atomic E-state index is -0.234. The highest BCUT2D eigenvalue weighted by Gasteiger charge is 2.28. The predicted molar refractivity (Wildman–Crippen MR) is 218 cm³/mol. The zero-order chi connectivity index (χ0) is 34.7. The Labute approximate surface area is 309 Å². The Kier molecular flexibility index (Phi) is 9.72. The van der Waals surface area contributed by atoms with Crippen molar-refractivity contribution in [2.24, 2.45) is 4.99 Å². The monoisotopic (exact) mass is 703 g/mol. The highest BCUT2D eigenvalue weighted by molar-refractivity contribution is 8.03. The molecule has 6 heteroatoms. The van der Waals surface area contributed by atoms with Gasteiger partial charge >= 0.3 is 0 Å². The van der Waals surface area contributed by atoms with Gasteiger partial charge in [-0.05, 0) is 95.5 Å². The number of thioether (sulfide) groups is 1. The number of hydrogen-bond acceptors (Lipinski definition) is 6. The van der Waals surface area contributed by atoms with Gasteiger partial charge in [0.05, 0.1) is 0 Å². The van der Waals surface area contributed by atoms with Crippen molar-refractivity contribution < 1.29 is 4.42 Å². The first-order chi connectivity index (χ1) is 25.0. The van der Waals surface area contributed by atoms with Crippen LogP contribution < -0.4 is 10.6 Å². The molecule has 3 aliphatic rings. The molecule has 2 N–H and O–H groups in total. The number of furan rings is 1. The Morgan fingerprint density at radius 2 is 1.78 bits per heavy atom. The van der Waals surface area contributed by atoms with Crippen molar-refractivity contribution in [3.63, 3.8) is 0 Å². The van der Waals surface area contributed by atoms with Crippen molar-refractivity contribution in [2.75, 3.05) is 0 Å². The van der Waals surface area contributed by atoms with E-state index < -0.39 is 0 Å². The van der Waals surface area contributed by atoms with Gasteiger partial charge in [-0.1, -0.05) is 128 Å². The van der Waals surface area contributed by atoms with Crippen LogP contribution in [0, 0.1) is 0 Å². The first-order valence-electron chi connectivity index (χ1n) is 17.7. The lowest BCUT2D eigenvalue weighted by atomic mass is 10.00. The maximum Gasteiger partial charge on any atom is 0.136 e. The number of thiol groups is 1. The van der Waals surface area contributed by atoms with Crippen LogP contribution in [-0.2, 0) is 6.42 Å². The molecule has 0 saturated carbocycles. The van der Waals surface area contributed by atoms with Crippen LogP contribution in [0.15, 0.2) is 175 Å². The number of aryl methyl sites for hydroxylation is 1. The number of fused-ring (bicyclic) bond motifs is 4. The number of rotatable bonds is 7. The van der Waals surface area contributed by atoms with Gasteiger partial charge in [0.15, 0.2) is 0 Å². The van der Waals surface area contributed by atoms with Crippen LogP contribution in [0.3, 0.4) is 0 Å². The largest absolute Gasteiger partial charge is 0.456 e. The van der Waals surface area contributed by atoms with E-state index in [0.29, 0.717) is 0 Å². The topological polar surface area (TPSA) is 49.6 Å². The summed E-state index contributed by atoms with van der Waals surface area (Å²) < 4.78 is 6.25. The van der Waals surface area contributed by atoms with E-state index in [1.54, 1.807) is 0 Å². The minimum Gasteiger partial charge on any atom is -0.456 e. The molecule has 1 aliphatic carbocycles. The summed E-state index contributed by atoms with van der Waals surface area (Å²) in [6.45, 7) is 6.49. The molecule has 254 valence electrons. The quantitative estimate of drug-likeness (QED) is 0.117. The molecule has 0 amide bonds. The molecule has 51 heavy (non-hydrogen) atoms. The summed E-state index contributed by atoms with van der Waals surface area (Å²) in [5.41, 5.74) is 9.86. The molecule has 4 aromatic carbocycles. The molecule has 2 atom stereocenters. The van der Waals surface area contributed by atoms with Gasteiger partial charge in [0, 0.05) is 26.1 Å². The van der Waals surface area contributed by atoms with E-state index >= 15 is 0 Å². The van der Waals surface area contributed by atoms with E-state index in [1.165, 1.54) is 20.9 Å². The number of hydrogen-bond donors (Lipinski definition) is 3. The van der Waals surface area contributed by atoms with Crippen molar-refractivity contribution in [3.8, 4) is 0 Å². The van der Waals surface area contributed by atoms with Crippen molar-refractivity contribution in [1.82, 2.24) is 10.6 Å². The zero-order valence-electron chi connectivity index (χ0n) is 28.7. The van der Waals surface area contributed by atoms with E-state index in [-0.39, 0.29) is 12.3 Å². The second kappa shape index (κ2) is 14.8. The predicted octanol–water partition coefficient (Wildman–Crippen LogP) is 11.8. The van der Waals surface area contributed by atoms with Gasteiger partial charge < -0.3 is 9.73 Å². The minimum absolute atomic E-state index is 0.121. The lowest BCUT2D eigenvalue weighted by Crippen LogP contribution is -2.45. The molecular formula is C45H41N3OS2. The maximum atomic E-state index is 6.25. The molecule has 4 nitrogen and oxygen atoms in total. The molecule has 2 aliphatic heterocycles. The average Bonchev–Trinajstić information content (AvgIpc) is 3.54. The molecule has 0 spiro atoms. The molecule has 3 heterocycles. The number of allylic oxidation sites excluding steroid dienone is 10. The van der Waals surface area contributed by atoms with E-state index in [4.69, 9.17) is 9.41 Å². The van der Waals surface area contributed by atoms with E-state index in [9.17, 15) is 0 Å². The number of nitrogens with zero attached hydrogens (tertiary/aromatic N) is 1. The van der Waals surface area contributed by atoms with Crippen LogP contribution in [0.1, 0.15) is 67.2 Å². The summed E-state index contributed by atoms with van der Waals surface area (Å²) in [5.74, 6) is 0.856. The normalized spacial score (nSPS) is 20.8. The summed E-state index contributed by atoms with van der Waals surface area (Å²) in [5, 5.41) is 9.72. The third-order valence-corrected chi connectivity index (χ3v) is 11.6. The van der Waals surface area contributed by atoms with Crippen LogP contribution in [0.4, 0.5) is 0 Å². The number of nitrogens with one attached hydrogen (secondary N) is 2. The Hall–Kier alpha value is -4.75. The van der Waals surface area contributed by atoms with E-state index in [2.05, 4.69) is 146 Å². The van der Waals surface area contributed by atoms with Gasteiger partial charge in [0.2, 0.25) is 0 Å². The van der Waals surface area contributed by atoms with Gasteiger partial charge in [0.25, 0.3) is 0 Å². The van der Waals surface area contributed by atoms with Gasteiger partial charge in [-0.2, -0.15) is 0 Å². The molecular weight excluding hydrogens is 663 g/mol. The van der Waals surface area contributed by atoms with E-state index in [0.717, 1.165) is 92.6 Å². The standard InChI is InChI=1S/C45H41N3OS2/c1-29(34-19-8-10-24-39(34)50)14-12-15-30(2)40-25-11-6-18-32-28-33(26-27-41(32)51-40)44-46-43(31-16-4-3-5-17-31)47-45(48-44)36-21-13-23-38-42(36)35-20-7-9-22-37(35)49-38/h3-5,7-9,12-17,19-23,25-28,43-44,46,50H,1,6,10-11,18,24H2,2H3,(H,47,48)/b14-12-,30-15+,40-25-. The van der Waals surface area contributed by atoms with Gasteiger partial charge in [0.1, 0.15) is 29.3 Å². The number of para-hydroxylation sites is 1. The SMILES string of the molecule is C=C(\C=C/C=C(C)/C1=C/CCCc2cc(C3N=C(c4cccc5oc6ccccc6c45)NC(c4ccccc4)N3)ccc2S1)C1=C(S)CCC=C1. The fraction of sp³-hybridized carbons (Fsp3) is 0.178. The van der Waals surface area contributed by atoms with E-state index in [1.807, 2.05) is 30.0 Å². The molecule has 0 fully saturated rings. The summed E-state index contributed by atoms with van der Waals surface area (Å²) in [4.78, 5) is 9.07. The van der Waals surface area contributed by atoms with Crippen LogP contribution >= 0.6 is 24.4 Å². The maximum absolute atomic E-state index is 6.25. The first-order valence-corrected chi connectivity index (χ1v) is 19.0. The van der Waals surface area contributed by atoms with Gasteiger partial charge in [-0.15, -0.1) is 12.6 Å². The van der Waals surface area contributed by atoms with Crippen LogP contribution in [0.2, 0.25) is 0 Å². The Bertz CT molecular complexity index is 2320. The average molecular weight is 704 g/mol. The second-order valence-electron chi connectivity index (χ2n) is 13.3. The third-order valence-electron chi connectivity index (χ3n) is 9.78. The highest BCUT2D eigenvalue weighted by atomic mass is 32.2. The zero-order valence-corrected chi connectivity index (χ0v) is 30.4. The fourth-order valence-corrected chi connectivity index (χ4v) is 8.51. The molecule has 0 saturated heterocycles. The second-order valence-corrected chi connectivity index (χ2v) is 14.9. The van der Waals surface area contributed by atoms with Crippen LogP contribution in [-0.4, -0.2) is 5.84 Å². The lowest BCUT2D eigenvalue weighted by molar-refractivity contribution is 0.409. The van der Waals surface area contributed by atoms with Crippen LogP contribution in [0.25, 0.3) is 21.9 Å². The smallest absolute Gasteiger partial charge is 0.136 e. The van der Waals surface area contributed by atoms with Crippen LogP contribution in [0.5, 0.6) is 0 Å². The third kappa shape index (κ3) is 7.09. The molecule has 0 bridgehead atoms. The molecule has 8 rings (SSSR count). The number of benzene rings is 4. The Morgan fingerprint density at radius 3 is 2.67 bits per heavy atom. The lowest BCUT2D eigenvalue weighted by Gasteiger charge is -2.32. The van der Waals surface area contributed by atoms with Crippen molar-refractivity contribution in [3.05, 3.63) is 183 Å². The summed E-state index contributed by atoms with van der Waals surface area (Å²) in [7, 11) is 0.